The number of nitrogens with one attached hydrogen (secondary N) is 1. The fourth-order valence-electron chi connectivity index (χ4n) is 2.17. The van der Waals surface area contributed by atoms with E-state index in [4.69, 9.17) is 21.1 Å². The van der Waals surface area contributed by atoms with Crippen LogP contribution in [-0.4, -0.2) is 13.7 Å². The van der Waals surface area contributed by atoms with Crippen LogP contribution in [0.5, 0.6) is 11.5 Å². The van der Waals surface area contributed by atoms with E-state index in [-0.39, 0.29) is 5.82 Å². The van der Waals surface area contributed by atoms with Gasteiger partial charge in [0.1, 0.15) is 5.82 Å². The van der Waals surface area contributed by atoms with Crippen molar-refractivity contribution in [3.05, 3.63) is 58.4 Å². The lowest BCUT2D eigenvalue weighted by molar-refractivity contribution is 0.294. The van der Waals surface area contributed by atoms with Crippen molar-refractivity contribution in [2.45, 2.75) is 26.4 Å². The van der Waals surface area contributed by atoms with Crippen LogP contribution in [0.3, 0.4) is 0 Å². The number of methoxy groups -OCH3 is 1. The molecule has 0 aliphatic carbocycles. The lowest BCUT2D eigenvalue weighted by Crippen LogP contribution is -2.13. The van der Waals surface area contributed by atoms with Gasteiger partial charge in [-0.25, -0.2) is 4.39 Å². The van der Waals surface area contributed by atoms with E-state index >= 15 is 0 Å². The molecule has 0 aliphatic rings. The van der Waals surface area contributed by atoms with Crippen LogP contribution in [0.15, 0.2) is 36.4 Å². The molecule has 0 saturated heterocycles. The molecule has 0 fully saturated rings. The fraction of sp³-hybridized carbons (Fsp3) is 0.333. The van der Waals surface area contributed by atoms with Gasteiger partial charge in [-0.1, -0.05) is 30.7 Å². The lowest BCUT2D eigenvalue weighted by atomic mass is 10.1. The van der Waals surface area contributed by atoms with E-state index in [1.165, 1.54) is 12.1 Å². The van der Waals surface area contributed by atoms with E-state index in [9.17, 15) is 4.39 Å². The van der Waals surface area contributed by atoms with Gasteiger partial charge in [0.05, 0.1) is 18.7 Å². The van der Waals surface area contributed by atoms with E-state index in [0.717, 1.165) is 17.5 Å². The average Bonchev–Trinajstić information content (AvgIpc) is 2.55. The molecule has 0 atom stereocenters. The summed E-state index contributed by atoms with van der Waals surface area (Å²) in [5.41, 5.74) is 2.02. The highest BCUT2D eigenvalue weighted by molar-refractivity contribution is 6.32. The van der Waals surface area contributed by atoms with Crippen molar-refractivity contribution in [2.75, 3.05) is 13.7 Å². The Morgan fingerprint density at radius 2 is 1.78 bits per heavy atom. The zero-order valence-corrected chi connectivity index (χ0v) is 14.1. The van der Waals surface area contributed by atoms with Gasteiger partial charge in [-0.05, 0) is 41.8 Å². The van der Waals surface area contributed by atoms with E-state index in [2.05, 4.69) is 5.32 Å². The highest BCUT2D eigenvalue weighted by atomic mass is 35.5. The topological polar surface area (TPSA) is 30.5 Å². The molecule has 0 heterocycles. The van der Waals surface area contributed by atoms with Gasteiger partial charge in [0, 0.05) is 13.1 Å². The molecule has 0 aliphatic heterocycles. The summed E-state index contributed by atoms with van der Waals surface area (Å²) < 4.78 is 23.9. The van der Waals surface area contributed by atoms with Crippen LogP contribution in [-0.2, 0) is 13.1 Å². The summed E-state index contributed by atoms with van der Waals surface area (Å²) in [4.78, 5) is 0. The van der Waals surface area contributed by atoms with E-state index < -0.39 is 0 Å². The van der Waals surface area contributed by atoms with Crippen LogP contribution in [0.2, 0.25) is 5.02 Å². The van der Waals surface area contributed by atoms with Gasteiger partial charge < -0.3 is 14.8 Å². The molecule has 0 bridgehead atoms. The smallest absolute Gasteiger partial charge is 0.179 e. The quantitative estimate of drug-likeness (QED) is 0.765. The predicted molar refractivity (Wildman–Crippen MR) is 90.7 cm³/mol. The summed E-state index contributed by atoms with van der Waals surface area (Å²) in [7, 11) is 1.60. The van der Waals surface area contributed by atoms with Crippen molar-refractivity contribution in [1.82, 2.24) is 5.32 Å². The van der Waals surface area contributed by atoms with Gasteiger partial charge in [-0.15, -0.1) is 0 Å². The van der Waals surface area contributed by atoms with E-state index in [1.54, 1.807) is 19.2 Å². The standard InChI is InChI=1S/C18H21ClFNO2/c1-3-8-23-18-16(19)9-14(10-17(18)22-2)12-21-11-13-4-6-15(20)7-5-13/h4-7,9-10,21H,3,8,11-12H2,1-2H3. The van der Waals surface area contributed by atoms with Gasteiger partial charge in [0.25, 0.3) is 0 Å². The molecule has 0 unspecified atom stereocenters. The molecule has 0 radical (unpaired) electrons. The molecule has 124 valence electrons. The van der Waals surface area contributed by atoms with Crippen LogP contribution in [0.25, 0.3) is 0 Å². The summed E-state index contributed by atoms with van der Waals surface area (Å²) in [6.45, 7) is 3.90. The SMILES string of the molecule is CCCOc1c(Cl)cc(CNCc2ccc(F)cc2)cc1OC. The van der Waals surface area contributed by atoms with Crippen molar-refractivity contribution in [1.29, 1.82) is 0 Å². The second kappa shape index (κ2) is 8.75. The van der Waals surface area contributed by atoms with E-state index in [1.807, 2.05) is 19.1 Å². The minimum atomic E-state index is -0.229. The summed E-state index contributed by atoms with van der Waals surface area (Å²) in [5, 5.41) is 3.84. The van der Waals surface area contributed by atoms with Crippen molar-refractivity contribution >= 4 is 11.6 Å². The molecule has 3 nitrogen and oxygen atoms in total. The van der Waals surface area contributed by atoms with Gasteiger partial charge in [-0.2, -0.15) is 0 Å². The zero-order chi connectivity index (χ0) is 16.7. The lowest BCUT2D eigenvalue weighted by Gasteiger charge is -2.14. The van der Waals surface area contributed by atoms with Crippen molar-refractivity contribution < 1.29 is 13.9 Å². The fourth-order valence-corrected chi connectivity index (χ4v) is 2.46. The van der Waals surface area contributed by atoms with Crippen LogP contribution in [0.1, 0.15) is 24.5 Å². The zero-order valence-electron chi connectivity index (χ0n) is 13.4. The first kappa shape index (κ1) is 17.6. The number of hydrogen-bond acceptors (Lipinski definition) is 3. The number of halogens is 2. The average molecular weight is 338 g/mol. The molecule has 23 heavy (non-hydrogen) atoms. The number of ether oxygens (including phenoxy) is 2. The van der Waals surface area contributed by atoms with Crippen molar-refractivity contribution in [3.63, 3.8) is 0 Å². The summed E-state index contributed by atoms with van der Waals surface area (Å²) in [6, 6.07) is 10.2. The first-order valence-electron chi connectivity index (χ1n) is 7.58. The molecular formula is C18H21ClFNO2. The molecule has 1 N–H and O–H groups in total. The van der Waals surface area contributed by atoms with Crippen LogP contribution < -0.4 is 14.8 Å². The Bertz CT molecular complexity index is 632. The molecule has 2 aromatic rings. The second-order valence-electron chi connectivity index (χ2n) is 5.19. The Hall–Kier alpha value is -1.78. The summed E-state index contributed by atoms with van der Waals surface area (Å²) >= 11 is 6.29. The minimum Gasteiger partial charge on any atom is -0.493 e. The molecular weight excluding hydrogens is 317 g/mol. The molecule has 0 amide bonds. The molecule has 0 spiro atoms. The number of rotatable bonds is 8. The second-order valence-corrected chi connectivity index (χ2v) is 5.59. The highest BCUT2D eigenvalue weighted by Gasteiger charge is 2.11. The van der Waals surface area contributed by atoms with Gasteiger partial charge >= 0.3 is 0 Å². The maximum atomic E-state index is 12.9. The highest BCUT2D eigenvalue weighted by Crippen LogP contribution is 2.36. The third kappa shape index (κ3) is 5.12. The Morgan fingerprint density at radius 1 is 1.09 bits per heavy atom. The first-order valence-corrected chi connectivity index (χ1v) is 7.96. The van der Waals surface area contributed by atoms with Crippen LogP contribution in [0, 0.1) is 5.82 Å². The van der Waals surface area contributed by atoms with Crippen molar-refractivity contribution in [3.8, 4) is 11.5 Å². The predicted octanol–water partition coefficient (Wildman–Crippen LogP) is 4.57. The molecule has 2 aromatic carbocycles. The minimum absolute atomic E-state index is 0.229. The molecule has 2 rings (SSSR count). The van der Waals surface area contributed by atoms with Crippen LogP contribution in [0.4, 0.5) is 4.39 Å². The summed E-state index contributed by atoms with van der Waals surface area (Å²) in [6.07, 6.45) is 0.903. The normalized spacial score (nSPS) is 10.6. The largest absolute Gasteiger partial charge is 0.493 e. The maximum absolute atomic E-state index is 12.9. The van der Waals surface area contributed by atoms with E-state index in [0.29, 0.717) is 36.2 Å². The Labute approximate surface area is 141 Å². The number of hydrogen-bond donors (Lipinski definition) is 1. The van der Waals surface area contributed by atoms with Gasteiger partial charge in [0.2, 0.25) is 0 Å². The number of benzene rings is 2. The monoisotopic (exact) mass is 337 g/mol. The first-order chi connectivity index (χ1) is 11.1. The Balaban J connectivity index is 1.99. The Kier molecular flexibility index (Phi) is 6.68. The third-order valence-electron chi connectivity index (χ3n) is 3.31. The molecule has 0 aromatic heterocycles. The van der Waals surface area contributed by atoms with Gasteiger partial charge in [0.15, 0.2) is 11.5 Å². The molecule has 5 heteroatoms. The Morgan fingerprint density at radius 3 is 2.43 bits per heavy atom. The summed E-state index contributed by atoms with van der Waals surface area (Å²) in [5.74, 6) is 0.982. The molecule has 0 saturated carbocycles. The van der Waals surface area contributed by atoms with Gasteiger partial charge in [-0.3, -0.25) is 0 Å². The van der Waals surface area contributed by atoms with Crippen molar-refractivity contribution in [2.24, 2.45) is 0 Å². The third-order valence-corrected chi connectivity index (χ3v) is 3.59. The van der Waals surface area contributed by atoms with Crippen LogP contribution >= 0.6 is 11.6 Å². The maximum Gasteiger partial charge on any atom is 0.179 e.